The van der Waals surface area contributed by atoms with Crippen molar-refractivity contribution in [3.05, 3.63) is 93.0 Å². The molecule has 3 aromatic carbocycles. The maximum atomic E-state index is 13.4. The van der Waals surface area contributed by atoms with Gasteiger partial charge in [0.05, 0.1) is 27.8 Å². The topological polar surface area (TPSA) is 152 Å². The molecule has 1 unspecified atom stereocenters. The van der Waals surface area contributed by atoms with Gasteiger partial charge in [-0.25, -0.2) is 0 Å². The minimum Gasteiger partial charge on any atom is -0.490 e. The summed E-state index contributed by atoms with van der Waals surface area (Å²) in [5.74, 6) is -0.789. The molecule has 0 aromatic heterocycles. The van der Waals surface area contributed by atoms with Gasteiger partial charge in [0.15, 0.2) is 0 Å². The van der Waals surface area contributed by atoms with Crippen molar-refractivity contribution in [2.45, 2.75) is 82.5 Å². The van der Waals surface area contributed by atoms with E-state index in [0.29, 0.717) is 45.5 Å². The van der Waals surface area contributed by atoms with Gasteiger partial charge in [-0.3, -0.25) is 39.1 Å². The second-order valence-corrected chi connectivity index (χ2v) is 15.8. The number of carbonyl (C=O) groups is 5. The van der Waals surface area contributed by atoms with Gasteiger partial charge in [-0.05, 0) is 117 Å². The average molecular weight is 763 g/mol. The molecular weight excluding hydrogens is 720 g/mol. The number of nitrogens with zero attached hydrogens (tertiary/aromatic N) is 4. The number of carbonyl (C=O) groups excluding carboxylic acids is 5. The second kappa shape index (κ2) is 15.5. The number of nitrogens with one attached hydrogen (secondary N) is 2. The highest BCUT2D eigenvalue weighted by atomic mass is 35.5. The van der Waals surface area contributed by atoms with Crippen LogP contribution in [0.1, 0.15) is 99.1 Å². The summed E-state index contributed by atoms with van der Waals surface area (Å²) in [5, 5.41) is 14.9. The number of piperidine rings is 2. The van der Waals surface area contributed by atoms with Crippen LogP contribution in [0.2, 0.25) is 5.02 Å². The summed E-state index contributed by atoms with van der Waals surface area (Å²) in [4.78, 5) is 69.7. The van der Waals surface area contributed by atoms with Gasteiger partial charge in [-0.1, -0.05) is 11.6 Å². The number of halogens is 1. The van der Waals surface area contributed by atoms with Crippen molar-refractivity contribution in [3.63, 3.8) is 0 Å². The molecule has 0 spiro atoms. The lowest BCUT2D eigenvalue weighted by molar-refractivity contribution is -0.136. The number of ether oxygens (including phenoxy) is 1. The van der Waals surface area contributed by atoms with Crippen LogP contribution in [0.15, 0.2) is 54.6 Å². The monoisotopic (exact) mass is 762 g/mol. The molecular formula is C42H43ClN6O6. The van der Waals surface area contributed by atoms with Gasteiger partial charge in [-0.2, -0.15) is 5.26 Å². The third-order valence-corrected chi connectivity index (χ3v) is 12.2. The zero-order valence-corrected chi connectivity index (χ0v) is 31.3. The molecule has 1 aliphatic carbocycles. The fourth-order valence-electron chi connectivity index (χ4n) is 8.75. The molecule has 4 aliphatic heterocycles. The van der Waals surface area contributed by atoms with E-state index in [9.17, 15) is 24.0 Å². The van der Waals surface area contributed by atoms with Crippen LogP contribution >= 0.6 is 11.6 Å². The number of fused-ring (bicyclic) bond motifs is 2. The Bertz CT molecular complexity index is 2080. The van der Waals surface area contributed by atoms with Gasteiger partial charge in [0.1, 0.15) is 17.9 Å². The van der Waals surface area contributed by atoms with Gasteiger partial charge >= 0.3 is 0 Å². The van der Waals surface area contributed by atoms with E-state index in [0.717, 1.165) is 92.8 Å². The van der Waals surface area contributed by atoms with Crippen LogP contribution in [0.3, 0.4) is 0 Å². The molecule has 284 valence electrons. The van der Waals surface area contributed by atoms with Crippen LogP contribution in [0.25, 0.3) is 0 Å². The predicted molar refractivity (Wildman–Crippen MR) is 204 cm³/mol. The number of anilines is 1. The van der Waals surface area contributed by atoms with Crippen LogP contribution in [-0.2, 0) is 22.6 Å². The Balaban J connectivity index is 0.787. The van der Waals surface area contributed by atoms with Crippen molar-refractivity contribution >= 4 is 46.8 Å². The first kappa shape index (κ1) is 36.7. The van der Waals surface area contributed by atoms with Crippen LogP contribution < -0.4 is 20.3 Å². The summed E-state index contributed by atoms with van der Waals surface area (Å²) in [5.41, 5.74) is 4.99. The Labute approximate surface area is 324 Å². The lowest BCUT2D eigenvalue weighted by Crippen LogP contribution is -2.54. The Kier molecular flexibility index (Phi) is 10.3. The number of amides is 5. The smallest absolute Gasteiger partial charge is 0.262 e. The quantitative estimate of drug-likeness (QED) is 0.302. The van der Waals surface area contributed by atoms with E-state index in [1.165, 1.54) is 0 Å². The number of rotatable bonds is 8. The fraction of sp³-hybridized carbons (Fsp3) is 0.429. The van der Waals surface area contributed by atoms with Crippen molar-refractivity contribution in [3.8, 4) is 11.8 Å². The Morgan fingerprint density at radius 1 is 0.855 bits per heavy atom. The molecule has 4 heterocycles. The molecule has 0 radical (unpaired) electrons. The first-order valence-electron chi connectivity index (χ1n) is 19.3. The maximum absolute atomic E-state index is 13.4. The molecule has 1 atom stereocenters. The normalized spacial score (nSPS) is 23.2. The van der Waals surface area contributed by atoms with Gasteiger partial charge in [0.25, 0.3) is 17.7 Å². The third kappa shape index (κ3) is 7.68. The summed E-state index contributed by atoms with van der Waals surface area (Å²) in [6.45, 7) is 4.39. The molecule has 13 heteroatoms. The summed E-state index contributed by atoms with van der Waals surface area (Å²) < 4.78 is 6.09. The molecule has 55 heavy (non-hydrogen) atoms. The second-order valence-electron chi connectivity index (χ2n) is 15.4. The summed E-state index contributed by atoms with van der Waals surface area (Å²) in [6, 6.07) is 17.9. The molecule has 12 nitrogen and oxygen atoms in total. The number of benzene rings is 3. The molecule has 8 rings (SSSR count). The first-order chi connectivity index (χ1) is 26.6. The zero-order valence-electron chi connectivity index (χ0n) is 30.5. The van der Waals surface area contributed by atoms with Crippen molar-refractivity contribution < 1.29 is 28.7 Å². The van der Waals surface area contributed by atoms with E-state index in [-0.39, 0.29) is 36.8 Å². The number of imide groups is 2. The van der Waals surface area contributed by atoms with E-state index >= 15 is 0 Å². The van der Waals surface area contributed by atoms with Crippen molar-refractivity contribution in [2.75, 3.05) is 31.1 Å². The predicted octanol–water partition coefficient (Wildman–Crippen LogP) is 5.01. The largest absolute Gasteiger partial charge is 0.490 e. The van der Waals surface area contributed by atoms with E-state index in [1.807, 2.05) is 36.4 Å². The maximum Gasteiger partial charge on any atom is 0.262 e. The van der Waals surface area contributed by atoms with E-state index in [2.05, 4.69) is 26.5 Å². The van der Waals surface area contributed by atoms with Crippen LogP contribution in [0.4, 0.5) is 5.69 Å². The van der Waals surface area contributed by atoms with Gasteiger partial charge in [0.2, 0.25) is 11.8 Å². The molecule has 3 fully saturated rings. The Morgan fingerprint density at radius 2 is 1.56 bits per heavy atom. The van der Waals surface area contributed by atoms with Gasteiger partial charge in [-0.15, -0.1) is 0 Å². The number of nitriles is 1. The Hall–Kier alpha value is -5.25. The average Bonchev–Trinajstić information content (AvgIpc) is 3.42. The lowest BCUT2D eigenvalue weighted by atomic mass is 9.91. The third-order valence-electron chi connectivity index (χ3n) is 11.9. The summed E-state index contributed by atoms with van der Waals surface area (Å²) >= 11 is 6.15. The first-order valence-corrected chi connectivity index (χ1v) is 19.6. The zero-order chi connectivity index (χ0) is 38.2. The highest BCUT2D eigenvalue weighted by Crippen LogP contribution is 2.33. The van der Waals surface area contributed by atoms with Crippen molar-refractivity contribution in [2.24, 2.45) is 5.92 Å². The molecule has 2 N–H and O–H groups in total. The van der Waals surface area contributed by atoms with Crippen LogP contribution in [0.5, 0.6) is 5.75 Å². The molecule has 3 aromatic rings. The van der Waals surface area contributed by atoms with E-state index < -0.39 is 23.8 Å². The van der Waals surface area contributed by atoms with Crippen LogP contribution in [0, 0.1) is 17.2 Å². The lowest BCUT2D eigenvalue weighted by Gasteiger charge is -2.37. The van der Waals surface area contributed by atoms with Crippen molar-refractivity contribution in [1.82, 2.24) is 20.4 Å². The fourth-order valence-corrected chi connectivity index (χ4v) is 8.96. The number of hydrogen-bond donors (Lipinski definition) is 2. The Morgan fingerprint density at radius 3 is 2.24 bits per heavy atom. The highest BCUT2D eigenvalue weighted by molar-refractivity contribution is 6.31. The molecule has 0 bridgehead atoms. The van der Waals surface area contributed by atoms with E-state index in [1.54, 1.807) is 18.2 Å². The SMILES string of the molecule is N#Cc1ccc(OC2CCC(NC(=O)c3ccc(N4CCC(CN5CCc6cc7c(cc6C5)C(=O)N(C5CCC(=O)NC5=O)C7=O)CC4)cc3)CC2)cc1Cl. The summed E-state index contributed by atoms with van der Waals surface area (Å²) in [6.07, 6.45) is 6.46. The van der Waals surface area contributed by atoms with Gasteiger partial charge < -0.3 is 15.0 Å². The number of hydrogen-bond acceptors (Lipinski definition) is 9. The minimum atomic E-state index is -0.964. The standard InChI is InChI=1S/C42H43ClN6O6/c43-36-21-33(8-3-28(36)22-44)55-32-9-4-30(5-10-32)45-39(51)26-1-6-31(7-2-26)48-17-13-25(14-18-48)23-47-16-15-27-19-34-35(20-29(27)24-47)42(54)49(41(34)53)37-11-12-38(50)46-40(37)52/h1-3,6-8,19-21,25,30,32,37H,4-5,9-18,23-24H2,(H,45,51)(H,46,50,52). The molecule has 5 aliphatic rings. The highest BCUT2D eigenvalue weighted by Gasteiger charge is 2.45. The molecule has 5 amide bonds. The summed E-state index contributed by atoms with van der Waals surface area (Å²) in [7, 11) is 0. The van der Waals surface area contributed by atoms with Crippen molar-refractivity contribution in [1.29, 1.82) is 5.26 Å². The minimum absolute atomic E-state index is 0.0413. The molecule has 1 saturated carbocycles. The van der Waals surface area contributed by atoms with Gasteiger partial charge in [0, 0.05) is 62.5 Å². The molecule has 2 saturated heterocycles. The van der Waals surface area contributed by atoms with E-state index in [4.69, 9.17) is 21.6 Å². The van der Waals surface area contributed by atoms with Crippen LogP contribution in [-0.4, -0.2) is 83.7 Å².